The number of para-hydroxylation sites is 1. The van der Waals surface area contributed by atoms with Gasteiger partial charge in [0, 0.05) is 42.2 Å². The van der Waals surface area contributed by atoms with Crippen molar-refractivity contribution in [2.75, 3.05) is 56.0 Å². The van der Waals surface area contributed by atoms with E-state index in [1.54, 1.807) is 17.9 Å². The predicted octanol–water partition coefficient (Wildman–Crippen LogP) is 3.09. The Hall–Kier alpha value is -4.49. The lowest BCUT2D eigenvalue weighted by atomic mass is 9.91. The molecule has 0 bridgehead atoms. The third kappa shape index (κ3) is 4.25. The van der Waals surface area contributed by atoms with Crippen molar-refractivity contribution in [2.45, 2.75) is 25.2 Å². The molecule has 2 fully saturated rings. The number of fused-ring (bicyclic) bond motifs is 7. The van der Waals surface area contributed by atoms with E-state index in [0.717, 1.165) is 17.3 Å². The van der Waals surface area contributed by atoms with Crippen molar-refractivity contribution in [3.05, 3.63) is 92.9 Å². The Morgan fingerprint density at radius 2 is 1.74 bits per heavy atom. The van der Waals surface area contributed by atoms with Crippen LogP contribution in [0.4, 0.5) is 19.3 Å². The van der Waals surface area contributed by atoms with Crippen LogP contribution in [-0.4, -0.2) is 73.9 Å². The molecule has 0 N–H and O–H groups in total. The number of rotatable bonds is 3. The molecule has 4 aliphatic heterocycles. The van der Waals surface area contributed by atoms with E-state index in [9.17, 15) is 18.8 Å². The molecule has 7 rings (SSSR count). The molecule has 0 saturated carbocycles. The van der Waals surface area contributed by atoms with E-state index in [4.69, 9.17) is 18.9 Å². The van der Waals surface area contributed by atoms with Crippen molar-refractivity contribution in [2.24, 2.45) is 0 Å². The number of morpholine rings is 2. The van der Waals surface area contributed by atoms with Gasteiger partial charge in [0.05, 0.1) is 39.1 Å². The molecule has 1 amide bonds. The van der Waals surface area contributed by atoms with Gasteiger partial charge in [-0.2, -0.15) is 0 Å². The van der Waals surface area contributed by atoms with Crippen LogP contribution in [0, 0.1) is 11.6 Å². The Labute approximate surface area is 244 Å². The summed E-state index contributed by atoms with van der Waals surface area (Å²) in [6.45, 7) is 3.10. The van der Waals surface area contributed by atoms with Gasteiger partial charge in [-0.25, -0.2) is 13.6 Å². The summed E-state index contributed by atoms with van der Waals surface area (Å²) in [4.78, 5) is 42.9. The van der Waals surface area contributed by atoms with Crippen molar-refractivity contribution in [3.8, 4) is 5.75 Å². The third-order valence-corrected chi connectivity index (χ3v) is 8.33. The van der Waals surface area contributed by atoms with Crippen molar-refractivity contribution in [1.82, 2.24) is 9.58 Å². The largest absolute Gasteiger partial charge is 0.514 e. The minimum atomic E-state index is -1.13. The van der Waals surface area contributed by atoms with Gasteiger partial charge >= 0.3 is 6.16 Å². The molecule has 2 aromatic carbocycles. The number of aromatic nitrogens is 1. The topological polar surface area (TPSA) is 103 Å². The van der Waals surface area contributed by atoms with Crippen LogP contribution < -0.4 is 20.1 Å². The Morgan fingerprint density at radius 1 is 0.977 bits per heavy atom. The summed E-state index contributed by atoms with van der Waals surface area (Å²) in [5, 5.41) is 1.81. The Bertz CT molecular complexity index is 1680. The van der Waals surface area contributed by atoms with Crippen LogP contribution in [-0.2, 0) is 14.2 Å². The van der Waals surface area contributed by atoms with Gasteiger partial charge in [0.2, 0.25) is 11.2 Å². The Morgan fingerprint density at radius 3 is 2.56 bits per heavy atom. The van der Waals surface area contributed by atoms with Gasteiger partial charge < -0.3 is 28.7 Å². The highest BCUT2D eigenvalue weighted by molar-refractivity contribution is 5.97. The normalized spacial score (nSPS) is 22.4. The maximum Gasteiger partial charge on any atom is 0.514 e. The van der Waals surface area contributed by atoms with Crippen molar-refractivity contribution in [1.29, 1.82) is 0 Å². The first-order valence-electron chi connectivity index (χ1n) is 14.1. The SMILES string of the molecule is CCOC(=O)Oc1c2n(ccc1=O)N([C@@H]1c3ccccc3N3CCOCC3c3c1ccc(F)c3F)[C@@H]1COCCN1C2=O. The van der Waals surface area contributed by atoms with E-state index in [1.807, 2.05) is 34.2 Å². The summed E-state index contributed by atoms with van der Waals surface area (Å²) < 4.78 is 54.1. The number of nitrogens with zero attached hydrogens (tertiary/aromatic N) is 4. The molecule has 0 spiro atoms. The van der Waals surface area contributed by atoms with E-state index >= 15 is 4.39 Å². The number of hydrogen-bond donors (Lipinski definition) is 0. The second-order valence-corrected chi connectivity index (χ2v) is 10.5. The number of benzene rings is 2. The lowest BCUT2D eigenvalue weighted by Crippen LogP contribution is -2.66. The average molecular weight is 595 g/mol. The van der Waals surface area contributed by atoms with Gasteiger partial charge in [-0.1, -0.05) is 24.3 Å². The fourth-order valence-corrected chi connectivity index (χ4v) is 6.57. The van der Waals surface area contributed by atoms with Crippen molar-refractivity contribution >= 4 is 17.7 Å². The number of ether oxygens (including phenoxy) is 4. The third-order valence-electron chi connectivity index (χ3n) is 8.33. The molecule has 13 heteroatoms. The van der Waals surface area contributed by atoms with Gasteiger partial charge in [-0.3, -0.25) is 19.3 Å². The van der Waals surface area contributed by atoms with E-state index in [0.29, 0.717) is 18.7 Å². The highest BCUT2D eigenvalue weighted by atomic mass is 19.2. The molecular weight excluding hydrogens is 566 g/mol. The summed E-state index contributed by atoms with van der Waals surface area (Å²) >= 11 is 0. The Balaban J connectivity index is 1.52. The fourth-order valence-electron chi connectivity index (χ4n) is 6.57. The molecule has 224 valence electrons. The molecule has 1 unspecified atom stereocenters. The number of halogens is 2. The summed E-state index contributed by atoms with van der Waals surface area (Å²) in [5.74, 6) is -2.99. The zero-order valence-corrected chi connectivity index (χ0v) is 23.2. The number of pyridine rings is 1. The molecule has 5 heterocycles. The summed E-state index contributed by atoms with van der Waals surface area (Å²) in [7, 11) is 0. The summed E-state index contributed by atoms with van der Waals surface area (Å²) in [5.41, 5.74) is 1.28. The van der Waals surface area contributed by atoms with E-state index in [1.165, 1.54) is 16.9 Å². The van der Waals surface area contributed by atoms with Gasteiger partial charge in [0.1, 0.15) is 12.2 Å². The number of anilines is 1. The molecule has 43 heavy (non-hydrogen) atoms. The zero-order valence-electron chi connectivity index (χ0n) is 23.2. The van der Waals surface area contributed by atoms with Crippen LogP contribution in [0.5, 0.6) is 5.75 Å². The van der Waals surface area contributed by atoms with Gasteiger partial charge in [0.25, 0.3) is 5.91 Å². The number of amides is 1. The van der Waals surface area contributed by atoms with Crippen LogP contribution in [0.3, 0.4) is 0 Å². The maximum atomic E-state index is 15.9. The van der Waals surface area contributed by atoms with E-state index in [-0.39, 0.29) is 44.2 Å². The molecule has 1 aromatic heterocycles. The van der Waals surface area contributed by atoms with Gasteiger partial charge in [-0.05, 0) is 24.6 Å². The number of carbonyl (C=O) groups is 2. The highest BCUT2D eigenvalue weighted by Gasteiger charge is 2.48. The highest BCUT2D eigenvalue weighted by Crippen LogP contribution is 2.48. The van der Waals surface area contributed by atoms with Crippen LogP contribution in [0.1, 0.15) is 46.2 Å². The van der Waals surface area contributed by atoms with Gasteiger partial charge in [-0.15, -0.1) is 0 Å². The minimum absolute atomic E-state index is 0.0000527. The van der Waals surface area contributed by atoms with Crippen LogP contribution >= 0.6 is 0 Å². The summed E-state index contributed by atoms with van der Waals surface area (Å²) in [6.07, 6.45) is -0.419. The lowest BCUT2D eigenvalue weighted by molar-refractivity contribution is -0.0197. The average Bonchev–Trinajstić information content (AvgIpc) is 3.14. The zero-order chi connectivity index (χ0) is 29.8. The number of hydrogen-bond acceptors (Lipinski definition) is 9. The monoisotopic (exact) mass is 594 g/mol. The molecule has 2 saturated heterocycles. The second-order valence-electron chi connectivity index (χ2n) is 10.5. The quantitative estimate of drug-likeness (QED) is 0.424. The van der Waals surface area contributed by atoms with E-state index in [2.05, 4.69) is 0 Å². The summed E-state index contributed by atoms with van der Waals surface area (Å²) in [6, 6.07) is 9.98. The fraction of sp³-hybridized carbons (Fsp3) is 0.367. The van der Waals surface area contributed by atoms with Crippen molar-refractivity contribution < 1.29 is 37.3 Å². The molecule has 0 aliphatic carbocycles. The lowest BCUT2D eigenvalue weighted by Gasteiger charge is -2.51. The molecule has 3 atom stereocenters. The minimum Gasteiger partial charge on any atom is -0.434 e. The van der Waals surface area contributed by atoms with Crippen LogP contribution in [0.15, 0.2) is 53.5 Å². The Kier molecular flexibility index (Phi) is 6.78. The second kappa shape index (κ2) is 10.7. The van der Waals surface area contributed by atoms with Crippen LogP contribution in [0.2, 0.25) is 0 Å². The molecule has 0 radical (unpaired) electrons. The van der Waals surface area contributed by atoms with Crippen molar-refractivity contribution in [3.63, 3.8) is 0 Å². The molecule has 4 aliphatic rings. The first kappa shape index (κ1) is 27.3. The van der Waals surface area contributed by atoms with Gasteiger partial charge in [0.15, 0.2) is 17.3 Å². The predicted molar refractivity (Wildman–Crippen MR) is 148 cm³/mol. The molecule has 11 nitrogen and oxygen atoms in total. The maximum absolute atomic E-state index is 15.9. The first-order valence-corrected chi connectivity index (χ1v) is 14.1. The number of carbonyl (C=O) groups excluding carboxylic acids is 2. The smallest absolute Gasteiger partial charge is 0.434 e. The first-order chi connectivity index (χ1) is 20.9. The van der Waals surface area contributed by atoms with Crippen LogP contribution in [0.25, 0.3) is 0 Å². The molecule has 3 aromatic rings. The van der Waals surface area contributed by atoms with E-state index < -0.39 is 53.1 Å². The molecular formula is C30H28F2N4O7. The standard InChI is InChI=1S/C30H28F2N4O7/c1-2-42-30(39)43-28-22(37)9-10-35-27(28)29(38)34-12-14-41-16-23(34)36(35)26-17-5-3-4-6-20(17)33-11-13-40-15-21(33)24-18(26)7-8-19(31)25(24)32/h3-10,21,23,26H,2,11-16H2,1H3/t21?,23-,26-/m1/s1.